The minimum Gasteiger partial charge on any atom is -0.381 e. The highest BCUT2D eigenvalue weighted by Crippen LogP contribution is 2.19. The lowest BCUT2D eigenvalue weighted by Crippen LogP contribution is -2.38. The molecule has 0 N–H and O–H groups in total. The monoisotopic (exact) mass is 286 g/mol. The summed E-state index contributed by atoms with van der Waals surface area (Å²) in [7, 11) is 0. The summed E-state index contributed by atoms with van der Waals surface area (Å²) in [6, 6.07) is 9.58. The number of nitriles is 1. The van der Waals surface area contributed by atoms with E-state index in [9.17, 15) is 4.79 Å². The minimum atomic E-state index is 0.101. The lowest BCUT2D eigenvalue weighted by atomic mass is 9.98. The molecule has 0 spiro atoms. The van der Waals surface area contributed by atoms with Crippen LogP contribution in [-0.4, -0.2) is 30.6 Å². The van der Waals surface area contributed by atoms with Gasteiger partial charge in [0.2, 0.25) is 5.91 Å². The molecular weight excluding hydrogens is 264 g/mol. The van der Waals surface area contributed by atoms with E-state index in [0.717, 1.165) is 31.4 Å². The van der Waals surface area contributed by atoms with Gasteiger partial charge in [-0.1, -0.05) is 19.1 Å². The van der Waals surface area contributed by atoms with Crippen LogP contribution in [0.3, 0.4) is 0 Å². The van der Waals surface area contributed by atoms with Crippen molar-refractivity contribution in [1.82, 2.24) is 4.90 Å². The SMILES string of the molecule is CCCN(Cc1ccc(C#N)cc1)C(=O)C1CCOCC1. The van der Waals surface area contributed by atoms with Gasteiger partial charge in [-0.15, -0.1) is 0 Å². The fourth-order valence-corrected chi connectivity index (χ4v) is 2.64. The van der Waals surface area contributed by atoms with Crippen molar-refractivity contribution in [2.45, 2.75) is 32.7 Å². The number of ether oxygens (including phenoxy) is 1. The molecule has 1 fully saturated rings. The van der Waals surface area contributed by atoms with Crippen LogP contribution in [0.5, 0.6) is 0 Å². The summed E-state index contributed by atoms with van der Waals surface area (Å²) in [5.74, 6) is 0.341. The van der Waals surface area contributed by atoms with E-state index in [0.29, 0.717) is 25.3 Å². The second-order valence-corrected chi connectivity index (χ2v) is 5.46. The van der Waals surface area contributed by atoms with Crippen LogP contribution < -0.4 is 0 Å². The normalized spacial score (nSPS) is 15.4. The van der Waals surface area contributed by atoms with Gasteiger partial charge >= 0.3 is 0 Å². The van der Waals surface area contributed by atoms with E-state index in [4.69, 9.17) is 10.00 Å². The summed E-state index contributed by atoms with van der Waals surface area (Å²) in [5, 5.41) is 8.83. The average molecular weight is 286 g/mol. The summed E-state index contributed by atoms with van der Waals surface area (Å²) in [6.07, 6.45) is 2.60. The van der Waals surface area contributed by atoms with E-state index in [-0.39, 0.29) is 11.8 Å². The molecule has 1 saturated heterocycles. The molecule has 0 bridgehead atoms. The number of rotatable bonds is 5. The van der Waals surface area contributed by atoms with Crippen molar-refractivity contribution in [3.63, 3.8) is 0 Å². The van der Waals surface area contributed by atoms with Crippen LogP contribution in [0.25, 0.3) is 0 Å². The molecule has 1 aliphatic rings. The molecule has 1 aliphatic heterocycles. The third-order valence-corrected chi connectivity index (χ3v) is 3.83. The molecule has 4 heteroatoms. The van der Waals surface area contributed by atoms with Crippen molar-refractivity contribution >= 4 is 5.91 Å². The first-order valence-corrected chi connectivity index (χ1v) is 7.60. The predicted octanol–water partition coefficient (Wildman–Crippen LogP) is 2.72. The Hall–Kier alpha value is -1.86. The topological polar surface area (TPSA) is 53.3 Å². The molecule has 0 unspecified atom stereocenters. The van der Waals surface area contributed by atoms with Crippen molar-refractivity contribution in [2.75, 3.05) is 19.8 Å². The molecule has 1 amide bonds. The van der Waals surface area contributed by atoms with Crippen LogP contribution in [0.15, 0.2) is 24.3 Å². The molecule has 112 valence electrons. The smallest absolute Gasteiger partial charge is 0.226 e. The van der Waals surface area contributed by atoms with E-state index in [2.05, 4.69) is 13.0 Å². The molecule has 2 rings (SSSR count). The highest BCUT2D eigenvalue weighted by Gasteiger charge is 2.25. The summed E-state index contributed by atoms with van der Waals surface area (Å²) < 4.78 is 5.33. The summed E-state index contributed by atoms with van der Waals surface area (Å²) in [6.45, 7) is 4.86. The van der Waals surface area contributed by atoms with Crippen molar-refractivity contribution in [3.8, 4) is 6.07 Å². The Balaban J connectivity index is 2.03. The molecule has 1 aromatic carbocycles. The Morgan fingerprint density at radius 1 is 1.33 bits per heavy atom. The number of hydrogen-bond acceptors (Lipinski definition) is 3. The molecule has 0 saturated carbocycles. The summed E-state index contributed by atoms with van der Waals surface area (Å²) >= 11 is 0. The lowest BCUT2D eigenvalue weighted by Gasteiger charge is -2.29. The van der Waals surface area contributed by atoms with Crippen molar-refractivity contribution in [1.29, 1.82) is 5.26 Å². The summed E-state index contributed by atoms with van der Waals surface area (Å²) in [4.78, 5) is 14.6. The number of nitrogens with zero attached hydrogens (tertiary/aromatic N) is 2. The molecule has 1 heterocycles. The number of carbonyl (C=O) groups is 1. The highest BCUT2D eigenvalue weighted by molar-refractivity contribution is 5.79. The maximum atomic E-state index is 12.6. The van der Waals surface area contributed by atoms with Gasteiger partial charge in [0, 0.05) is 32.2 Å². The quantitative estimate of drug-likeness (QED) is 0.836. The van der Waals surface area contributed by atoms with E-state index < -0.39 is 0 Å². The van der Waals surface area contributed by atoms with E-state index in [1.807, 2.05) is 17.0 Å². The number of carbonyl (C=O) groups excluding carboxylic acids is 1. The molecule has 0 aromatic heterocycles. The van der Waals surface area contributed by atoms with Crippen LogP contribution in [0.2, 0.25) is 0 Å². The Kier molecular flexibility index (Phi) is 5.77. The van der Waals surface area contributed by atoms with Gasteiger partial charge in [-0.05, 0) is 37.0 Å². The lowest BCUT2D eigenvalue weighted by molar-refractivity contribution is -0.139. The Morgan fingerprint density at radius 3 is 2.57 bits per heavy atom. The highest BCUT2D eigenvalue weighted by atomic mass is 16.5. The molecule has 4 nitrogen and oxygen atoms in total. The van der Waals surface area contributed by atoms with Gasteiger partial charge in [0.15, 0.2) is 0 Å². The van der Waals surface area contributed by atoms with Crippen LogP contribution in [0.1, 0.15) is 37.3 Å². The predicted molar refractivity (Wildman–Crippen MR) is 80.4 cm³/mol. The van der Waals surface area contributed by atoms with E-state index >= 15 is 0 Å². The molecule has 0 atom stereocenters. The van der Waals surface area contributed by atoms with Crippen LogP contribution in [-0.2, 0) is 16.1 Å². The zero-order chi connectivity index (χ0) is 15.1. The zero-order valence-corrected chi connectivity index (χ0v) is 12.5. The molecule has 0 aliphatic carbocycles. The largest absolute Gasteiger partial charge is 0.381 e. The second-order valence-electron chi connectivity index (χ2n) is 5.46. The molecule has 1 aromatic rings. The Labute approximate surface area is 126 Å². The van der Waals surface area contributed by atoms with Gasteiger partial charge in [0.1, 0.15) is 0 Å². The van der Waals surface area contributed by atoms with Gasteiger partial charge < -0.3 is 9.64 Å². The maximum Gasteiger partial charge on any atom is 0.226 e. The fraction of sp³-hybridized carbons (Fsp3) is 0.529. The fourth-order valence-electron chi connectivity index (χ4n) is 2.64. The summed E-state index contributed by atoms with van der Waals surface area (Å²) in [5.41, 5.74) is 1.72. The van der Waals surface area contributed by atoms with Crippen molar-refractivity contribution < 1.29 is 9.53 Å². The van der Waals surface area contributed by atoms with Crippen molar-refractivity contribution in [2.24, 2.45) is 5.92 Å². The van der Waals surface area contributed by atoms with Crippen molar-refractivity contribution in [3.05, 3.63) is 35.4 Å². The van der Waals surface area contributed by atoms with Gasteiger partial charge in [-0.25, -0.2) is 0 Å². The Bertz CT molecular complexity index is 499. The minimum absolute atomic E-state index is 0.101. The molecular formula is C17H22N2O2. The van der Waals surface area contributed by atoms with Crippen LogP contribution in [0.4, 0.5) is 0 Å². The first-order valence-electron chi connectivity index (χ1n) is 7.60. The van der Waals surface area contributed by atoms with Gasteiger partial charge in [0.05, 0.1) is 11.6 Å². The van der Waals surface area contributed by atoms with Crippen LogP contribution >= 0.6 is 0 Å². The average Bonchev–Trinajstić information content (AvgIpc) is 2.55. The van der Waals surface area contributed by atoms with Crippen LogP contribution in [0, 0.1) is 17.2 Å². The Morgan fingerprint density at radius 2 is 2.00 bits per heavy atom. The first kappa shape index (κ1) is 15.5. The number of hydrogen-bond donors (Lipinski definition) is 0. The molecule has 21 heavy (non-hydrogen) atoms. The number of benzene rings is 1. The number of amides is 1. The van der Waals surface area contributed by atoms with Gasteiger partial charge in [-0.2, -0.15) is 5.26 Å². The van der Waals surface area contributed by atoms with E-state index in [1.165, 1.54) is 0 Å². The third-order valence-electron chi connectivity index (χ3n) is 3.83. The standard InChI is InChI=1S/C17H22N2O2/c1-2-9-19(17(20)16-7-10-21-11-8-16)13-15-5-3-14(12-18)4-6-15/h3-6,16H,2,7-11,13H2,1H3. The molecule has 0 radical (unpaired) electrons. The first-order chi connectivity index (χ1) is 10.2. The maximum absolute atomic E-state index is 12.6. The third kappa shape index (κ3) is 4.30. The van der Waals surface area contributed by atoms with E-state index in [1.54, 1.807) is 12.1 Å². The zero-order valence-electron chi connectivity index (χ0n) is 12.5. The second kappa shape index (κ2) is 7.80. The van der Waals surface area contributed by atoms with Gasteiger partial charge in [-0.3, -0.25) is 4.79 Å². The van der Waals surface area contributed by atoms with Gasteiger partial charge in [0.25, 0.3) is 0 Å².